The van der Waals surface area contributed by atoms with Crippen molar-refractivity contribution in [2.45, 2.75) is 56.6 Å². The van der Waals surface area contributed by atoms with Gasteiger partial charge in [-0.15, -0.1) is 0 Å². The molecule has 1 amide bonds. The molecule has 0 bridgehead atoms. The number of ether oxygens (including phenoxy) is 3. The van der Waals surface area contributed by atoms with E-state index in [9.17, 15) is 13.2 Å². The van der Waals surface area contributed by atoms with Crippen LogP contribution in [0.5, 0.6) is 0 Å². The maximum absolute atomic E-state index is 13.5. The van der Waals surface area contributed by atoms with Crippen LogP contribution < -0.4 is 0 Å². The summed E-state index contributed by atoms with van der Waals surface area (Å²) in [5.41, 5.74) is 3.00. The third kappa shape index (κ3) is 6.93. The first-order chi connectivity index (χ1) is 18.9. The van der Waals surface area contributed by atoms with Crippen LogP contribution in [-0.4, -0.2) is 62.5 Å². The van der Waals surface area contributed by atoms with Gasteiger partial charge in [-0.3, -0.25) is 8.98 Å². The summed E-state index contributed by atoms with van der Waals surface area (Å²) in [4.78, 5) is 15.2. The number of nitrogens with zero attached hydrogens (tertiary/aromatic N) is 1. The number of amides is 1. The van der Waals surface area contributed by atoms with Gasteiger partial charge in [-0.1, -0.05) is 91.0 Å². The predicted octanol–water partition coefficient (Wildman–Crippen LogP) is 3.70. The second-order valence-corrected chi connectivity index (χ2v) is 11.5. The van der Waals surface area contributed by atoms with E-state index in [1.165, 1.54) is 0 Å². The fourth-order valence-corrected chi connectivity index (χ4v) is 5.93. The molecule has 0 saturated carbocycles. The van der Waals surface area contributed by atoms with Crippen LogP contribution in [0.15, 0.2) is 91.0 Å². The number of fused-ring (bicyclic) bond motifs is 1. The van der Waals surface area contributed by atoms with E-state index in [-0.39, 0.29) is 13.0 Å². The summed E-state index contributed by atoms with van der Waals surface area (Å²) in [6, 6.07) is 28.5. The molecule has 2 aliphatic heterocycles. The molecule has 2 aliphatic rings. The third-order valence-corrected chi connectivity index (χ3v) is 7.63. The average Bonchev–Trinajstić information content (AvgIpc) is 3.39. The predicted molar refractivity (Wildman–Crippen MR) is 145 cm³/mol. The van der Waals surface area contributed by atoms with Crippen LogP contribution in [0.4, 0.5) is 0 Å². The summed E-state index contributed by atoms with van der Waals surface area (Å²) in [6.45, 7) is 1.23. The topological polar surface area (TPSA) is 91.4 Å². The van der Waals surface area contributed by atoms with Gasteiger partial charge in [-0.25, -0.2) is 0 Å². The lowest BCUT2D eigenvalue weighted by Gasteiger charge is -2.28. The second kappa shape index (κ2) is 12.4. The molecule has 5 rings (SSSR count). The Labute approximate surface area is 229 Å². The maximum Gasteiger partial charge on any atom is 0.265 e. The summed E-state index contributed by atoms with van der Waals surface area (Å²) < 4.78 is 48.0. The summed E-state index contributed by atoms with van der Waals surface area (Å²) in [5.74, 6) is -0.391. The molecular weight excluding hydrogens is 518 g/mol. The van der Waals surface area contributed by atoms with Crippen LogP contribution in [0.2, 0.25) is 0 Å². The van der Waals surface area contributed by atoms with Gasteiger partial charge < -0.3 is 19.1 Å². The SMILES string of the molecule is CS(=O)(=O)O[C@@H]1C[C@@H]2[C@@H](OCc3ccccc3)[C@H](OCc3ccccc3)[C@@H](COCc3ccccc3)N2C1=O. The fraction of sp³-hybridized carbons (Fsp3) is 0.367. The van der Waals surface area contributed by atoms with E-state index in [2.05, 4.69) is 0 Å². The minimum absolute atomic E-state index is 0.186. The number of rotatable bonds is 12. The van der Waals surface area contributed by atoms with Crippen LogP contribution in [0.3, 0.4) is 0 Å². The van der Waals surface area contributed by atoms with E-state index in [0.717, 1.165) is 22.9 Å². The van der Waals surface area contributed by atoms with Gasteiger partial charge in [0, 0.05) is 6.42 Å². The lowest BCUT2D eigenvalue weighted by Crippen LogP contribution is -2.45. The maximum atomic E-state index is 13.5. The van der Waals surface area contributed by atoms with Gasteiger partial charge in [-0.2, -0.15) is 8.42 Å². The van der Waals surface area contributed by atoms with Crippen LogP contribution >= 0.6 is 0 Å². The van der Waals surface area contributed by atoms with Crippen molar-refractivity contribution in [3.63, 3.8) is 0 Å². The van der Waals surface area contributed by atoms with Gasteiger partial charge in [0.2, 0.25) is 0 Å². The highest BCUT2D eigenvalue weighted by Crippen LogP contribution is 2.40. The second-order valence-electron chi connectivity index (χ2n) is 9.93. The summed E-state index contributed by atoms with van der Waals surface area (Å²) in [6.07, 6.45) is -0.945. The highest BCUT2D eigenvalue weighted by molar-refractivity contribution is 7.86. The van der Waals surface area contributed by atoms with Crippen LogP contribution in [-0.2, 0) is 53.1 Å². The molecule has 8 nitrogen and oxygen atoms in total. The van der Waals surface area contributed by atoms with Gasteiger partial charge in [0.05, 0.1) is 44.8 Å². The highest BCUT2D eigenvalue weighted by atomic mass is 32.2. The van der Waals surface area contributed by atoms with E-state index >= 15 is 0 Å². The molecule has 0 radical (unpaired) electrons. The molecule has 0 unspecified atom stereocenters. The molecule has 3 aromatic carbocycles. The minimum atomic E-state index is -3.83. The third-order valence-electron chi connectivity index (χ3n) is 7.04. The molecule has 206 valence electrons. The summed E-state index contributed by atoms with van der Waals surface area (Å²) >= 11 is 0. The molecule has 2 saturated heterocycles. The van der Waals surface area contributed by atoms with Crippen molar-refractivity contribution < 1.29 is 31.6 Å². The number of hydrogen-bond donors (Lipinski definition) is 0. The van der Waals surface area contributed by atoms with E-state index < -0.39 is 46.4 Å². The molecule has 3 aromatic rings. The molecule has 9 heteroatoms. The quantitative estimate of drug-likeness (QED) is 0.317. The Morgan fingerprint density at radius 3 is 1.74 bits per heavy atom. The molecule has 2 fully saturated rings. The standard InChI is InChI=1S/C30H33NO7S/c1-39(33,34)38-27-17-25-28(36-19-23-13-7-3-8-14-23)29(37-20-24-15-9-4-10-16-24)26(31(25)30(27)32)21-35-18-22-11-5-2-6-12-22/h2-16,25-29H,17-21H2,1H3/t25-,26-,27-,28-,29-/m1/s1. The van der Waals surface area contributed by atoms with Crippen molar-refractivity contribution >= 4 is 16.0 Å². The molecule has 0 aromatic heterocycles. The van der Waals surface area contributed by atoms with Crippen molar-refractivity contribution in [1.82, 2.24) is 4.90 Å². The monoisotopic (exact) mass is 551 g/mol. The van der Waals surface area contributed by atoms with Gasteiger partial charge in [-0.05, 0) is 16.7 Å². The molecular formula is C30H33NO7S. The number of carbonyl (C=O) groups excluding carboxylic acids is 1. The number of benzene rings is 3. The normalized spacial score (nSPS) is 24.7. The molecule has 5 atom stereocenters. The molecule has 0 aliphatic carbocycles. The molecule has 39 heavy (non-hydrogen) atoms. The largest absolute Gasteiger partial charge is 0.375 e. The Morgan fingerprint density at radius 2 is 1.23 bits per heavy atom. The Kier molecular flexibility index (Phi) is 8.74. The van der Waals surface area contributed by atoms with Crippen molar-refractivity contribution in [3.8, 4) is 0 Å². The van der Waals surface area contributed by atoms with Crippen LogP contribution in [0, 0.1) is 0 Å². The van der Waals surface area contributed by atoms with Gasteiger partial charge in [0.15, 0.2) is 6.10 Å². The zero-order valence-electron chi connectivity index (χ0n) is 21.8. The first-order valence-electron chi connectivity index (χ1n) is 13.0. The zero-order valence-corrected chi connectivity index (χ0v) is 22.6. The van der Waals surface area contributed by atoms with Gasteiger partial charge >= 0.3 is 0 Å². The lowest BCUT2D eigenvalue weighted by molar-refractivity contribution is -0.138. The Morgan fingerprint density at radius 1 is 0.744 bits per heavy atom. The Hall–Kier alpha value is -3.08. The van der Waals surface area contributed by atoms with Crippen molar-refractivity contribution in [2.75, 3.05) is 12.9 Å². The molecule has 2 heterocycles. The zero-order chi connectivity index (χ0) is 27.2. The van der Waals surface area contributed by atoms with Crippen molar-refractivity contribution in [2.24, 2.45) is 0 Å². The van der Waals surface area contributed by atoms with Crippen molar-refractivity contribution in [1.29, 1.82) is 0 Å². The smallest absolute Gasteiger partial charge is 0.265 e. The summed E-state index contributed by atoms with van der Waals surface area (Å²) in [7, 11) is -3.83. The Bertz CT molecular complexity index is 1320. The Balaban J connectivity index is 1.40. The molecule has 0 spiro atoms. The molecule has 0 N–H and O–H groups in total. The van der Waals surface area contributed by atoms with Gasteiger partial charge in [0.25, 0.3) is 16.0 Å². The summed E-state index contributed by atoms with van der Waals surface area (Å²) in [5, 5.41) is 0. The van der Waals surface area contributed by atoms with Crippen LogP contribution in [0.25, 0.3) is 0 Å². The van der Waals surface area contributed by atoms with E-state index in [0.29, 0.717) is 19.8 Å². The lowest BCUT2D eigenvalue weighted by atomic mass is 10.0. The van der Waals surface area contributed by atoms with E-state index in [1.807, 2.05) is 91.0 Å². The number of hydrogen-bond acceptors (Lipinski definition) is 7. The van der Waals surface area contributed by atoms with E-state index in [4.69, 9.17) is 18.4 Å². The first-order valence-corrected chi connectivity index (χ1v) is 14.8. The van der Waals surface area contributed by atoms with E-state index in [1.54, 1.807) is 4.90 Å². The van der Waals surface area contributed by atoms with Gasteiger partial charge in [0.1, 0.15) is 12.2 Å². The highest BCUT2D eigenvalue weighted by Gasteiger charge is 2.59. The average molecular weight is 552 g/mol. The number of carbonyl (C=O) groups is 1. The van der Waals surface area contributed by atoms with Crippen molar-refractivity contribution in [3.05, 3.63) is 108 Å². The van der Waals surface area contributed by atoms with Crippen LogP contribution in [0.1, 0.15) is 23.1 Å². The fourth-order valence-electron chi connectivity index (χ4n) is 5.34. The first kappa shape index (κ1) is 27.5. The minimum Gasteiger partial charge on any atom is -0.375 e.